The summed E-state index contributed by atoms with van der Waals surface area (Å²) in [6.07, 6.45) is -1.72. The normalized spacial score (nSPS) is 32.5. The van der Waals surface area contributed by atoms with Crippen LogP contribution in [-0.4, -0.2) is 74.4 Å². The Hall–Kier alpha value is -1.69. The lowest BCUT2D eigenvalue weighted by Gasteiger charge is -2.51. The second kappa shape index (κ2) is 8.21. The third-order valence-electron chi connectivity index (χ3n) is 5.40. The highest BCUT2D eigenvalue weighted by molar-refractivity contribution is 7.98. The van der Waals surface area contributed by atoms with Crippen molar-refractivity contribution in [3.05, 3.63) is 35.9 Å². The van der Waals surface area contributed by atoms with E-state index in [2.05, 4.69) is 10.6 Å². The van der Waals surface area contributed by atoms with E-state index in [1.54, 1.807) is 0 Å². The van der Waals surface area contributed by atoms with Gasteiger partial charge < -0.3 is 35.8 Å². The summed E-state index contributed by atoms with van der Waals surface area (Å²) in [5, 5.41) is 45.5. The number of amides is 2. The summed E-state index contributed by atoms with van der Waals surface area (Å²) in [6, 6.07) is 9.71. The summed E-state index contributed by atoms with van der Waals surface area (Å²) in [5.41, 5.74) is -5.50. The Morgan fingerprint density at radius 1 is 1.28 bits per heavy atom. The van der Waals surface area contributed by atoms with E-state index in [4.69, 9.17) is 4.74 Å². The fourth-order valence-electron chi connectivity index (χ4n) is 3.50. The molecular weight excluding hydrogens is 400 g/mol. The lowest BCUT2D eigenvalue weighted by molar-refractivity contribution is -0.240. The second-order valence-electron chi connectivity index (χ2n) is 7.66. The van der Waals surface area contributed by atoms with Gasteiger partial charge in [0.05, 0.1) is 13.2 Å². The molecule has 29 heavy (non-hydrogen) atoms. The first-order chi connectivity index (χ1) is 13.7. The van der Waals surface area contributed by atoms with E-state index in [0.29, 0.717) is 11.5 Å². The van der Waals surface area contributed by atoms with Gasteiger partial charge in [-0.3, -0.25) is 9.59 Å². The maximum atomic E-state index is 12.8. The molecule has 160 valence electrons. The zero-order chi connectivity index (χ0) is 21.3. The van der Waals surface area contributed by atoms with E-state index < -0.39 is 47.5 Å². The van der Waals surface area contributed by atoms with Gasteiger partial charge in [-0.2, -0.15) is 11.8 Å². The van der Waals surface area contributed by atoms with Crippen LogP contribution in [0.15, 0.2) is 30.3 Å². The summed E-state index contributed by atoms with van der Waals surface area (Å²) < 4.78 is 5.54. The minimum absolute atomic E-state index is 0.0505. The monoisotopic (exact) mass is 426 g/mol. The Labute approximate surface area is 172 Å². The van der Waals surface area contributed by atoms with Crippen LogP contribution in [0.25, 0.3) is 0 Å². The summed E-state index contributed by atoms with van der Waals surface area (Å²) in [7, 11) is 0. The van der Waals surface area contributed by atoms with Crippen LogP contribution in [0.1, 0.15) is 18.9 Å². The third kappa shape index (κ3) is 4.00. The Morgan fingerprint density at radius 2 is 1.97 bits per heavy atom. The highest BCUT2D eigenvalue weighted by atomic mass is 32.2. The zero-order valence-electron chi connectivity index (χ0n) is 16.0. The van der Waals surface area contributed by atoms with Crippen molar-refractivity contribution >= 4 is 23.6 Å². The first-order valence-electron chi connectivity index (χ1n) is 9.30. The maximum Gasteiger partial charge on any atom is 0.278 e. The number of nitrogens with one attached hydrogen (secondary N) is 2. The molecule has 3 saturated heterocycles. The fourth-order valence-corrected chi connectivity index (χ4v) is 4.73. The fraction of sp³-hybridized carbons (Fsp3) is 0.579. The SMILES string of the molecule is C[C@](O)(CO)[C@H](O)[C@@]12NC(=O)[C@@](O)(NC1=O)C(CSCc1ccccc1)CCO2. The van der Waals surface area contributed by atoms with Crippen LogP contribution >= 0.6 is 11.8 Å². The number of piperazine rings is 1. The van der Waals surface area contributed by atoms with Crippen molar-refractivity contribution in [2.45, 2.75) is 42.3 Å². The van der Waals surface area contributed by atoms with E-state index in [-0.39, 0.29) is 13.0 Å². The number of hydrogen-bond acceptors (Lipinski definition) is 8. The molecule has 0 aliphatic carbocycles. The van der Waals surface area contributed by atoms with Crippen molar-refractivity contribution < 1.29 is 34.8 Å². The van der Waals surface area contributed by atoms with Crippen molar-refractivity contribution in [2.75, 3.05) is 19.0 Å². The summed E-state index contributed by atoms with van der Waals surface area (Å²) in [5.74, 6) is -1.50. The van der Waals surface area contributed by atoms with E-state index in [0.717, 1.165) is 12.5 Å². The molecule has 3 heterocycles. The van der Waals surface area contributed by atoms with Gasteiger partial charge in [0.25, 0.3) is 17.5 Å². The van der Waals surface area contributed by atoms with Crippen molar-refractivity contribution in [3.63, 3.8) is 0 Å². The van der Waals surface area contributed by atoms with Crippen molar-refractivity contribution in [2.24, 2.45) is 5.92 Å². The lowest BCUT2D eigenvalue weighted by atomic mass is 9.83. The van der Waals surface area contributed by atoms with Crippen LogP contribution in [0.2, 0.25) is 0 Å². The predicted octanol–water partition coefficient (Wildman–Crippen LogP) is -1.31. The molecule has 0 aromatic heterocycles. The van der Waals surface area contributed by atoms with Crippen LogP contribution in [0.4, 0.5) is 0 Å². The van der Waals surface area contributed by atoms with Crippen LogP contribution in [-0.2, 0) is 20.1 Å². The maximum absolute atomic E-state index is 12.8. The van der Waals surface area contributed by atoms with Gasteiger partial charge in [0, 0.05) is 17.4 Å². The number of rotatable bonds is 7. The van der Waals surface area contributed by atoms with Crippen molar-refractivity contribution in [3.8, 4) is 0 Å². The Balaban J connectivity index is 1.76. The summed E-state index contributed by atoms with van der Waals surface area (Å²) >= 11 is 1.51. The minimum Gasteiger partial charge on any atom is -0.393 e. The topological polar surface area (TPSA) is 148 Å². The summed E-state index contributed by atoms with van der Waals surface area (Å²) in [4.78, 5) is 25.5. The molecule has 0 saturated carbocycles. The average molecular weight is 426 g/mol. The Kier molecular flexibility index (Phi) is 6.23. The van der Waals surface area contributed by atoms with E-state index >= 15 is 0 Å². The predicted molar refractivity (Wildman–Crippen MR) is 104 cm³/mol. The average Bonchev–Trinajstić information content (AvgIpc) is 2.69. The molecule has 10 heteroatoms. The molecule has 6 N–H and O–H groups in total. The van der Waals surface area contributed by atoms with Crippen LogP contribution in [0.3, 0.4) is 0 Å². The van der Waals surface area contributed by atoms with E-state index in [9.17, 15) is 30.0 Å². The lowest BCUT2D eigenvalue weighted by Crippen LogP contribution is -2.83. The molecule has 3 aliphatic rings. The first kappa shape index (κ1) is 22.0. The molecule has 0 radical (unpaired) electrons. The number of hydrogen-bond donors (Lipinski definition) is 6. The molecule has 3 aliphatic heterocycles. The molecular formula is C19H26N2O7S. The number of fused-ring (bicyclic) bond motifs is 5. The first-order valence-corrected chi connectivity index (χ1v) is 10.5. The number of carbonyl (C=O) groups excluding carboxylic acids is 2. The smallest absolute Gasteiger partial charge is 0.278 e. The zero-order valence-corrected chi connectivity index (χ0v) is 16.8. The quantitative estimate of drug-likeness (QED) is 0.315. The molecule has 4 rings (SSSR count). The molecule has 9 nitrogen and oxygen atoms in total. The number of aliphatic hydroxyl groups is 4. The molecule has 0 spiro atoms. The van der Waals surface area contributed by atoms with Gasteiger partial charge in [-0.1, -0.05) is 30.3 Å². The molecule has 3 fully saturated rings. The largest absolute Gasteiger partial charge is 0.393 e. The highest BCUT2D eigenvalue weighted by Gasteiger charge is 2.64. The molecule has 1 aromatic carbocycles. The molecule has 1 unspecified atom stereocenters. The molecule has 5 atom stereocenters. The van der Waals surface area contributed by atoms with Crippen LogP contribution < -0.4 is 10.6 Å². The van der Waals surface area contributed by atoms with Crippen LogP contribution in [0.5, 0.6) is 0 Å². The van der Waals surface area contributed by atoms with Crippen LogP contribution in [0, 0.1) is 5.92 Å². The summed E-state index contributed by atoms with van der Waals surface area (Å²) in [6.45, 7) is 0.189. The number of benzene rings is 1. The number of ether oxygens (including phenoxy) is 1. The Morgan fingerprint density at radius 3 is 2.62 bits per heavy atom. The Bertz CT molecular complexity index is 762. The number of thioether (sulfide) groups is 1. The van der Waals surface area contributed by atoms with Gasteiger partial charge in [-0.15, -0.1) is 0 Å². The van der Waals surface area contributed by atoms with Gasteiger partial charge in [0.15, 0.2) is 0 Å². The number of aliphatic hydroxyl groups excluding tert-OH is 2. The van der Waals surface area contributed by atoms with Gasteiger partial charge in [0.1, 0.15) is 11.7 Å². The molecule has 2 bridgehead atoms. The molecule has 1 aromatic rings. The number of carbonyl (C=O) groups is 2. The standard InChI is InChI=1S/C19H26N2O7S/c1-17(26,11-22)14(23)19-16(25)20-18(27,15(24)21-19)13(7-8-28-19)10-29-9-12-5-3-2-4-6-12/h2-6,13-14,22-23,26-27H,7-11H2,1H3,(H,20,25)(H,21,24)/t13?,14-,17-,18+,19-/m0/s1. The van der Waals surface area contributed by atoms with Gasteiger partial charge in [-0.05, 0) is 18.9 Å². The van der Waals surface area contributed by atoms with Gasteiger partial charge >= 0.3 is 0 Å². The van der Waals surface area contributed by atoms with E-state index in [1.807, 2.05) is 30.3 Å². The van der Waals surface area contributed by atoms with Gasteiger partial charge in [0.2, 0.25) is 5.72 Å². The van der Waals surface area contributed by atoms with Gasteiger partial charge in [-0.25, -0.2) is 0 Å². The minimum atomic E-state index is -2.31. The van der Waals surface area contributed by atoms with E-state index in [1.165, 1.54) is 11.8 Å². The highest BCUT2D eigenvalue weighted by Crippen LogP contribution is 2.35. The van der Waals surface area contributed by atoms with Crippen molar-refractivity contribution in [1.29, 1.82) is 0 Å². The second-order valence-corrected chi connectivity index (χ2v) is 8.69. The molecule has 2 amide bonds. The third-order valence-corrected chi connectivity index (χ3v) is 6.57. The van der Waals surface area contributed by atoms with Crippen molar-refractivity contribution in [1.82, 2.24) is 10.6 Å².